The summed E-state index contributed by atoms with van der Waals surface area (Å²) in [5.74, 6) is 1.17. The highest BCUT2D eigenvalue weighted by molar-refractivity contribution is 6.33. The van der Waals surface area contributed by atoms with Gasteiger partial charge < -0.3 is 19.4 Å². The number of hydrogen-bond acceptors (Lipinski definition) is 5. The number of benzene rings is 1. The molecule has 0 bridgehead atoms. The number of amides is 2. The largest absolute Gasteiger partial charge is 0.444 e. The smallest absolute Gasteiger partial charge is 0.407 e. The molecule has 1 N–H and O–H groups in total. The number of aromatic nitrogens is 1. The van der Waals surface area contributed by atoms with E-state index in [0.29, 0.717) is 55.4 Å². The van der Waals surface area contributed by atoms with Gasteiger partial charge in [-0.3, -0.25) is 4.79 Å². The molecule has 0 aliphatic carbocycles. The van der Waals surface area contributed by atoms with E-state index in [1.165, 1.54) is 0 Å². The molecule has 1 saturated heterocycles. The van der Waals surface area contributed by atoms with Crippen LogP contribution in [0.5, 0.6) is 0 Å². The van der Waals surface area contributed by atoms with Gasteiger partial charge in [0.05, 0.1) is 11.2 Å². The van der Waals surface area contributed by atoms with Gasteiger partial charge >= 0.3 is 6.09 Å². The summed E-state index contributed by atoms with van der Waals surface area (Å²) in [6.45, 7) is 6.71. The Bertz CT molecular complexity index is 883. The van der Waals surface area contributed by atoms with Crippen LogP contribution < -0.4 is 5.32 Å². The van der Waals surface area contributed by atoms with Crippen molar-refractivity contribution in [1.29, 1.82) is 0 Å². The summed E-state index contributed by atoms with van der Waals surface area (Å²) in [4.78, 5) is 30.5. The first-order chi connectivity index (χ1) is 14.2. The van der Waals surface area contributed by atoms with Crippen LogP contribution in [-0.2, 0) is 16.0 Å². The van der Waals surface area contributed by atoms with Gasteiger partial charge in [-0.05, 0) is 45.7 Å². The maximum atomic E-state index is 12.5. The van der Waals surface area contributed by atoms with Crippen molar-refractivity contribution in [2.24, 2.45) is 0 Å². The summed E-state index contributed by atoms with van der Waals surface area (Å²) in [5, 5.41) is 3.48. The fourth-order valence-corrected chi connectivity index (χ4v) is 3.56. The standard InChI is InChI=1S/C22H28ClN3O4/c1-22(2,3)30-21(28)25-15-10-12-26(13-11-15)20(27)9-8-19-24-14-18(29-19)16-6-4-5-7-17(16)23/h4-7,14-15H,8-13H2,1-3H3,(H,25,28). The summed E-state index contributed by atoms with van der Waals surface area (Å²) >= 11 is 6.19. The number of ether oxygens (including phenoxy) is 1. The van der Waals surface area contributed by atoms with Crippen molar-refractivity contribution >= 4 is 23.6 Å². The van der Waals surface area contributed by atoms with E-state index in [1.54, 1.807) is 12.3 Å². The molecule has 0 spiro atoms. The Labute approximate surface area is 181 Å². The molecule has 8 heteroatoms. The van der Waals surface area contributed by atoms with Crippen molar-refractivity contribution < 1.29 is 18.7 Å². The predicted molar refractivity (Wildman–Crippen MR) is 114 cm³/mol. The third kappa shape index (κ3) is 6.23. The molecule has 1 aliphatic heterocycles. The highest BCUT2D eigenvalue weighted by Crippen LogP contribution is 2.28. The normalized spacial score (nSPS) is 15.1. The fraction of sp³-hybridized carbons (Fsp3) is 0.500. The molecule has 1 aromatic heterocycles. The van der Waals surface area contributed by atoms with Crippen LogP contribution in [-0.4, -0.2) is 46.6 Å². The average Bonchev–Trinajstić information content (AvgIpc) is 3.14. The molecule has 1 fully saturated rings. The van der Waals surface area contributed by atoms with Crippen molar-refractivity contribution in [2.75, 3.05) is 13.1 Å². The van der Waals surface area contributed by atoms with Crippen molar-refractivity contribution in [3.8, 4) is 11.3 Å². The molecule has 0 atom stereocenters. The Morgan fingerprint density at radius 1 is 1.27 bits per heavy atom. The lowest BCUT2D eigenvalue weighted by Crippen LogP contribution is -2.47. The molecular formula is C22H28ClN3O4. The lowest BCUT2D eigenvalue weighted by atomic mass is 10.0. The van der Waals surface area contributed by atoms with E-state index in [2.05, 4.69) is 10.3 Å². The molecule has 0 radical (unpaired) electrons. The molecule has 30 heavy (non-hydrogen) atoms. The number of hydrogen-bond donors (Lipinski definition) is 1. The van der Waals surface area contributed by atoms with E-state index in [1.807, 2.05) is 43.9 Å². The average molecular weight is 434 g/mol. The molecule has 1 aromatic carbocycles. The van der Waals surface area contributed by atoms with Gasteiger partial charge in [0.15, 0.2) is 11.7 Å². The first-order valence-corrected chi connectivity index (χ1v) is 10.6. The SMILES string of the molecule is CC(C)(C)OC(=O)NC1CCN(C(=O)CCc2ncc(-c3ccccc3Cl)o2)CC1. The van der Waals surface area contributed by atoms with Crippen LogP contribution in [0.15, 0.2) is 34.9 Å². The van der Waals surface area contributed by atoms with Crippen molar-refractivity contribution in [3.63, 3.8) is 0 Å². The number of aryl methyl sites for hydroxylation is 1. The second kappa shape index (κ2) is 9.51. The quantitative estimate of drug-likeness (QED) is 0.753. The van der Waals surface area contributed by atoms with Crippen molar-refractivity contribution in [2.45, 2.75) is 58.1 Å². The summed E-state index contributed by atoms with van der Waals surface area (Å²) in [6.07, 6.45) is 3.40. The highest BCUT2D eigenvalue weighted by atomic mass is 35.5. The number of likely N-dealkylation sites (tertiary alicyclic amines) is 1. The predicted octanol–water partition coefficient (Wildman–Crippen LogP) is 4.44. The second-order valence-corrected chi connectivity index (χ2v) is 8.81. The number of nitrogens with one attached hydrogen (secondary N) is 1. The van der Waals surface area contributed by atoms with Crippen molar-refractivity contribution in [3.05, 3.63) is 41.4 Å². The van der Waals surface area contributed by atoms with Crippen LogP contribution >= 0.6 is 11.6 Å². The zero-order valence-electron chi connectivity index (χ0n) is 17.6. The van der Waals surface area contributed by atoms with Gasteiger partial charge in [0, 0.05) is 37.5 Å². The first-order valence-electron chi connectivity index (χ1n) is 10.2. The van der Waals surface area contributed by atoms with Crippen LogP contribution in [0.1, 0.15) is 45.9 Å². The van der Waals surface area contributed by atoms with Gasteiger partial charge in [0.2, 0.25) is 5.91 Å². The maximum Gasteiger partial charge on any atom is 0.407 e. The zero-order valence-corrected chi connectivity index (χ0v) is 18.4. The van der Waals surface area contributed by atoms with E-state index in [4.69, 9.17) is 20.8 Å². The minimum Gasteiger partial charge on any atom is -0.444 e. The van der Waals surface area contributed by atoms with Crippen LogP contribution in [0, 0.1) is 0 Å². The number of carbonyl (C=O) groups excluding carboxylic acids is 2. The van der Waals surface area contributed by atoms with E-state index < -0.39 is 11.7 Å². The van der Waals surface area contributed by atoms with Crippen molar-refractivity contribution in [1.82, 2.24) is 15.2 Å². The topological polar surface area (TPSA) is 84.7 Å². The van der Waals surface area contributed by atoms with E-state index in [0.717, 1.165) is 5.56 Å². The van der Waals surface area contributed by atoms with E-state index >= 15 is 0 Å². The monoisotopic (exact) mass is 433 g/mol. The van der Waals surface area contributed by atoms with E-state index in [-0.39, 0.29) is 11.9 Å². The fourth-order valence-electron chi connectivity index (χ4n) is 3.33. The Morgan fingerprint density at radius 3 is 2.63 bits per heavy atom. The Hall–Kier alpha value is -2.54. The molecule has 0 unspecified atom stereocenters. The number of alkyl carbamates (subject to hydrolysis) is 1. The number of piperidine rings is 1. The van der Waals surface area contributed by atoms with Crippen LogP contribution in [0.2, 0.25) is 5.02 Å². The third-order valence-corrected chi connectivity index (χ3v) is 5.14. The van der Waals surface area contributed by atoms with Gasteiger partial charge in [0.25, 0.3) is 0 Å². The second-order valence-electron chi connectivity index (χ2n) is 8.40. The van der Waals surface area contributed by atoms with Crippen LogP contribution in [0.3, 0.4) is 0 Å². The number of carbonyl (C=O) groups is 2. The maximum absolute atomic E-state index is 12.5. The molecule has 0 saturated carbocycles. The van der Waals surface area contributed by atoms with E-state index in [9.17, 15) is 9.59 Å². The number of rotatable bonds is 5. The Kier molecular flexibility index (Phi) is 7.02. The van der Waals surface area contributed by atoms with Gasteiger partial charge in [0.1, 0.15) is 5.60 Å². The molecule has 2 heterocycles. The molecule has 1 aliphatic rings. The minimum absolute atomic E-state index is 0.0221. The molecule has 7 nitrogen and oxygen atoms in total. The van der Waals surface area contributed by atoms with Gasteiger partial charge in [-0.15, -0.1) is 0 Å². The van der Waals surface area contributed by atoms with Crippen LogP contribution in [0.25, 0.3) is 11.3 Å². The summed E-state index contributed by atoms with van der Waals surface area (Å²) in [7, 11) is 0. The summed E-state index contributed by atoms with van der Waals surface area (Å²) < 4.78 is 11.0. The first kappa shape index (κ1) is 22.2. The minimum atomic E-state index is -0.521. The number of oxazole rings is 1. The molecule has 2 aromatic rings. The third-order valence-electron chi connectivity index (χ3n) is 4.81. The van der Waals surface area contributed by atoms with Gasteiger partial charge in [-0.25, -0.2) is 9.78 Å². The highest BCUT2D eigenvalue weighted by Gasteiger charge is 2.25. The van der Waals surface area contributed by atoms with Crippen LogP contribution in [0.4, 0.5) is 4.79 Å². The molecule has 2 amide bonds. The molecular weight excluding hydrogens is 406 g/mol. The lowest BCUT2D eigenvalue weighted by Gasteiger charge is -2.32. The Balaban J connectivity index is 1.43. The molecule has 162 valence electrons. The Morgan fingerprint density at radius 2 is 1.97 bits per heavy atom. The number of nitrogens with zero attached hydrogens (tertiary/aromatic N) is 2. The van der Waals surface area contributed by atoms with Gasteiger partial charge in [-0.2, -0.15) is 0 Å². The lowest BCUT2D eigenvalue weighted by molar-refractivity contribution is -0.132. The molecule has 3 rings (SSSR count). The zero-order chi connectivity index (χ0) is 21.7. The number of halogens is 1. The summed E-state index contributed by atoms with van der Waals surface area (Å²) in [6, 6.07) is 7.42. The summed E-state index contributed by atoms with van der Waals surface area (Å²) in [5.41, 5.74) is 0.260. The van der Waals surface area contributed by atoms with Gasteiger partial charge in [-0.1, -0.05) is 23.7 Å².